The largest absolute Gasteiger partial charge is 0.478 e. The predicted octanol–water partition coefficient (Wildman–Crippen LogP) is 4.22. The summed E-state index contributed by atoms with van der Waals surface area (Å²) < 4.78 is 11.1. The highest BCUT2D eigenvalue weighted by Gasteiger charge is 2.23. The normalized spacial score (nSPS) is 11.2. The van der Waals surface area contributed by atoms with Gasteiger partial charge < -0.3 is 40.4 Å². The number of carboxylic acid groups (broad SMARTS) is 4. The van der Waals surface area contributed by atoms with Crippen LogP contribution in [0.15, 0.2) is 84.9 Å². The molecule has 0 heterocycles. The van der Waals surface area contributed by atoms with Crippen LogP contribution in [0.5, 0.6) is 11.5 Å². The van der Waals surface area contributed by atoms with Crippen LogP contribution < -0.4 is 20.3 Å². The van der Waals surface area contributed by atoms with Gasteiger partial charge in [0.2, 0.25) is 6.79 Å². The molecule has 0 saturated heterocycles. The molecule has 45 heavy (non-hydrogen) atoms. The third kappa shape index (κ3) is 7.59. The maximum absolute atomic E-state index is 12.7. The zero-order chi connectivity index (χ0) is 32.7. The molecule has 0 aliphatic heterocycles. The van der Waals surface area contributed by atoms with Gasteiger partial charge in [-0.25, -0.2) is 19.2 Å². The first-order valence-electron chi connectivity index (χ1n) is 12.9. The van der Waals surface area contributed by atoms with E-state index >= 15 is 0 Å². The summed E-state index contributed by atoms with van der Waals surface area (Å²) in [6.45, 7) is -0.236. The van der Waals surface area contributed by atoms with E-state index in [2.05, 4.69) is 5.32 Å². The molecule has 0 fully saturated rings. The number of hydrogen-bond donors (Lipinski definition) is 7. The van der Waals surface area contributed by atoms with Crippen molar-refractivity contribution in [2.45, 2.75) is 6.04 Å². The number of ether oxygens (including phenoxy) is 2. The molecular weight excluding hydrogens is 592 g/mol. The molecular formula is C31H24N2O12. The minimum atomic E-state index is -1.39. The van der Waals surface area contributed by atoms with Crippen molar-refractivity contribution in [2.24, 2.45) is 0 Å². The lowest BCUT2D eigenvalue weighted by atomic mass is 9.93. The molecule has 14 heteroatoms. The number of rotatable bonds is 13. The van der Waals surface area contributed by atoms with Gasteiger partial charge in [0.05, 0.1) is 33.9 Å². The van der Waals surface area contributed by atoms with Gasteiger partial charge in [0.25, 0.3) is 5.91 Å². The Balaban J connectivity index is 1.37. The molecule has 1 amide bonds. The van der Waals surface area contributed by atoms with Crippen LogP contribution in [-0.2, 0) is 0 Å². The molecule has 230 valence electrons. The number of carboxylic acids is 4. The quantitative estimate of drug-likeness (QED) is 0.0825. The van der Waals surface area contributed by atoms with E-state index in [1.807, 2.05) is 5.48 Å². The maximum Gasteiger partial charge on any atom is 0.336 e. The molecule has 0 aliphatic rings. The van der Waals surface area contributed by atoms with E-state index in [9.17, 15) is 49.6 Å². The van der Waals surface area contributed by atoms with E-state index in [-0.39, 0.29) is 45.9 Å². The van der Waals surface area contributed by atoms with Crippen LogP contribution in [0.25, 0.3) is 0 Å². The summed E-state index contributed by atoms with van der Waals surface area (Å²) in [5, 5.41) is 49.7. The van der Waals surface area contributed by atoms with Crippen molar-refractivity contribution < 1.29 is 59.1 Å². The molecule has 4 rings (SSSR count). The van der Waals surface area contributed by atoms with Crippen LogP contribution in [0.2, 0.25) is 0 Å². The fourth-order valence-corrected chi connectivity index (χ4v) is 4.26. The number of hydroxylamine groups is 1. The van der Waals surface area contributed by atoms with E-state index in [4.69, 9.17) is 9.47 Å². The fourth-order valence-electron chi connectivity index (χ4n) is 4.26. The third-order valence-corrected chi connectivity index (χ3v) is 6.49. The van der Waals surface area contributed by atoms with E-state index in [1.165, 1.54) is 42.5 Å². The maximum atomic E-state index is 12.7. The Labute approximate surface area is 253 Å². The molecule has 0 radical (unpaired) electrons. The van der Waals surface area contributed by atoms with E-state index in [1.54, 1.807) is 12.1 Å². The summed E-state index contributed by atoms with van der Waals surface area (Å²) in [4.78, 5) is 58.5. The lowest BCUT2D eigenvalue weighted by Crippen LogP contribution is -2.21. The number of carbonyl (C=O) groups excluding carboxylic acids is 1. The molecule has 0 saturated carbocycles. The Hall–Kier alpha value is -6.25. The summed E-state index contributed by atoms with van der Waals surface area (Å²) in [5.74, 6) is -5.37. The van der Waals surface area contributed by atoms with E-state index in [0.717, 1.165) is 30.3 Å². The summed E-state index contributed by atoms with van der Waals surface area (Å²) in [6.07, 6.45) is 0. The van der Waals surface area contributed by atoms with Crippen LogP contribution in [-0.4, -0.2) is 62.2 Å². The average molecular weight is 617 g/mol. The monoisotopic (exact) mass is 616 g/mol. The molecule has 0 aromatic heterocycles. The zero-order valence-electron chi connectivity index (χ0n) is 23.0. The number of nitrogens with one attached hydrogen (secondary N) is 2. The van der Waals surface area contributed by atoms with Crippen molar-refractivity contribution in [3.05, 3.63) is 124 Å². The van der Waals surface area contributed by atoms with Gasteiger partial charge in [0.1, 0.15) is 11.5 Å². The zero-order valence-corrected chi connectivity index (χ0v) is 23.0. The Bertz CT molecular complexity index is 1770. The van der Waals surface area contributed by atoms with Crippen LogP contribution in [0.4, 0.5) is 5.69 Å². The fraction of sp³-hybridized carbons (Fsp3) is 0.0645. The van der Waals surface area contributed by atoms with E-state index in [0.29, 0.717) is 17.1 Å². The first-order valence-corrected chi connectivity index (χ1v) is 12.9. The minimum Gasteiger partial charge on any atom is -0.478 e. The van der Waals surface area contributed by atoms with E-state index < -0.39 is 35.8 Å². The summed E-state index contributed by atoms with van der Waals surface area (Å²) in [7, 11) is 0. The topological polar surface area (TPSA) is 229 Å². The van der Waals surface area contributed by atoms with Crippen LogP contribution in [0, 0.1) is 0 Å². The van der Waals surface area contributed by atoms with Gasteiger partial charge in [-0.3, -0.25) is 4.79 Å². The Kier molecular flexibility index (Phi) is 9.73. The minimum absolute atomic E-state index is 0.0395. The van der Waals surface area contributed by atoms with Gasteiger partial charge in [0, 0.05) is 5.69 Å². The summed E-state index contributed by atoms with van der Waals surface area (Å²) in [6, 6.07) is 17.7. The number of aromatic carboxylic acids is 4. The lowest BCUT2D eigenvalue weighted by Gasteiger charge is -2.19. The van der Waals surface area contributed by atoms with Gasteiger partial charge in [-0.1, -0.05) is 12.1 Å². The Morgan fingerprint density at radius 2 is 1.11 bits per heavy atom. The van der Waals surface area contributed by atoms with Gasteiger partial charge in [-0.05, 0) is 83.9 Å². The smallest absolute Gasteiger partial charge is 0.336 e. The van der Waals surface area contributed by atoms with Gasteiger partial charge in [-0.15, -0.1) is 0 Å². The highest BCUT2D eigenvalue weighted by atomic mass is 16.7. The second-order valence-corrected chi connectivity index (χ2v) is 9.30. The molecule has 0 aliphatic carbocycles. The molecule has 1 atom stereocenters. The lowest BCUT2D eigenvalue weighted by molar-refractivity contribution is 0.0677. The van der Waals surface area contributed by atoms with Crippen molar-refractivity contribution in [1.82, 2.24) is 5.48 Å². The Morgan fingerprint density at radius 3 is 1.62 bits per heavy atom. The highest BCUT2D eigenvalue weighted by molar-refractivity contribution is 6.11. The molecule has 1 unspecified atom stereocenters. The first-order chi connectivity index (χ1) is 21.5. The van der Waals surface area contributed by atoms with Crippen molar-refractivity contribution in [2.75, 3.05) is 12.1 Å². The van der Waals surface area contributed by atoms with Crippen molar-refractivity contribution in [3.63, 3.8) is 0 Å². The van der Waals surface area contributed by atoms with Crippen LogP contribution in [0.1, 0.15) is 69.0 Å². The standard InChI is InChI=1S/C31H24N2O12/c34-27(25-14-18(29(37)38)4-12-23(25)31(41)42)32-19-5-9-21(10-6-19)45-15-44-20-7-1-16(2-8-20)26(33-43)24-13-17(28(35)36)3-11-22(24)30(39)40/h1-14,26,33,43H,15H2,(H,32,34)(H,35,36)(H,37,38)(H,39,40)(H,41,42). The van der Waals surface area contributed by atoms with Crippen molar-refractivity contribution in [1.29, 1.82) is 0 Å². The average Bonchev–Trinajstić information content (AvgIpc) is 3.02. The number of anilines is 1. The highest BCUT2D eigenvalue weighted by Crippen LogP contribution is 2.28. The van der Waals surface area contributed by atoms with Crippen molar-refractivity contribution in [3.8, 4) is 11.5 Å². The number of amides is 1. The number of benzene rings is 4. The SMILES string of the molecule is O=C(O)c1ccc(C(=O)O)c(C(=O)Nc2ccc(OCOc3ccc(C(NO)c4cc(C(=O)O)ccc4C(=O)O)cc3)cc2)c1. The molecule has 14 nitrogen and oxygen atoms in total. The van der Waals surface area contributed by atoms with Gasteiger partial charge >= 0.3 is 23.9 Å². The number of hydrogen-bond acceptors (Lipinski definition) is 9. The summed E-state index contributed by atoms with van der Waals surface area (Å²) >= 11 is 0. The molecule has 7 N–H and O–H groups in total. The second kappa shape index (κ2) is 13.8. The Morgan fingerprint density at radius 1 is 0.600 bits per heavy atom. The number of carbonyl (C=O) groups is 5. The molecule has 0 spiro atoms. The third-order valence-electron chi connectivity index (χ3n) is 6.49. The van der Waals surface area contributed by atoms with Crippen LogP contribution >= 0.6 is 0 Å². The molecule has 0 bridgehead atoms. The first kappa shape index (κ1) is 31.7. The predicted molar refractivity (Wildman–Crippen MR) is 154 cm³/mol. The van der Waals surface area contributed by atoms with Crippen LogP contribution in [0.3, 0.4) is 0 Å². The van der Waals surface area contributed by atoms with Crippen molar-refractivity contribution >= 4 is 35.5 Å². The van der Waals surface area contributed by atoms with Gasteiger partial charge in [-0.2, -0.15) is 5.48 Å². The summed E-state index contributed by atoms with van der Waals surface area (Å²) in [5.41, 5.74) is 1.50. The molecule has 4 aromatic carbocycles. The van der Waals surface area contributed by atoms with Gasteiger partial charge in [0.15, 0.2) is 0 Å². The molecule has 4 aromatic rings. The second-order valence-electron chi connectivity index (χ2n) is 9.30.